The lowest BCUT2D eigenvalue weighted by atomic mass is 10.1. The maximum Gasteiger partial charge on any atom is 0.224 e. The van der Waals surface area contributed by atoms with E-state index in [0.29, 0.717) is 13.0 Å². The van der Waals surface area contributed by atoms with Gasteiger partial charge in [-0.15, -0.1) is 0 Å². The Morgan fingerprint density at radius 3 is 2.57 bits per heavy atom. The molecule has 0 fully saturated rings. The van der Waals surface area contributed by atoms with E-state index >= 15 is 0 Å². The number of hydrogen-bond acceptors (Lipinski definition) is 2. The molecule has 2 N–H and O–H groups in total. The molecule has 0 heterocycles. The van der Waals surface area contributed by atoms with Crippen LogP contribution in [0.4, 0.5) is 0 Å². The summed E-state index contributed by atoms with van der Waals surface area (Å²) < 4.78 is 1.15. The number of amides is 1. The summed E-state index contributed by atoms with van der Waals surface area (Å²) in [6.45, 7) is 0.307. The van der Waals surface area contributed by atoms with Gasteiger partial charge in [0.15, 0.2) is 0 Å². The summed E-state index contributed by atoms with van der Waals surface area (Å²) in [5.41, 5.74) is 0.987. The third-order valence-corrected chi connectivity index (χ3v) is 2.43. The van der Waals surface area contributed by atoms with Crippen molar-refractivity contribution in [1.82, 2.24) is 5.32 Å². The van der Waals surface area contributed by atoms with Crippen LogP contribution in [0.2, 0.25) is 0 Å². The van der Waals surface area contributed by atoms with Crippen LogP contribution in [-0.4, -0.2) is 24.2 Å². The lowest BCUT2D eigenvalue weighted by Gasteiger charge is -2.03. The van der Waals surface area contributed by atoms with Crippen LogP contribution < -0.4 is 5.32 Å². The fraction of sp³-hybridized carbons (Fsp3) is 0.300. The predicted molar refractivity (Wildman–Crippen MR) is 63.0 cm³/mol. The van der Waals surface area contributed by atoms with Gasteiger partial charge in [0.05, 0.1) is 13.0 Å². The molecule has 76 valence electrons. The first-order valence-corrected chi connectivity index (χ1v) is 5.42. The van der Waals surface area contributed by atoms with Gasteiger partial charge in [0, 0.05) is 10.1 Å². The fourth-order valence-corrected chi connectivity index (χ4v) is 1.41. The first kappa shape index (κ1) is 11.5. The Morgan fingerprint density at radius 1 is 1.36 bits per heavy atom. The van der Waals surface area contributed by atoms with E-state index in [0.717, 1.165) is 9.13 Å². The van der Waals surface area contributed by atoms with Gasteiger partial charge in [0.2, 0.25) is 5.91 Å². The number of benzene rings is 1. The topological polar surface area (TPSA) is 49.3 Å². The summed E-state index contributed by atoms with van der Waals surface area (Å²) in [5, 5.41) is 11.1. The summed E-state index contributed by atoms with van der Waals surface area (Å²) >= 11 is 2.22. The quantitative estimate of drug-likeness (QED) is 0.814. The smallest absolute Gasteiger partial charge is 0.224 e. The highest BCUT2D eigenvalue weighted by Gasteiger charge is 2.01. The monoisotopic (exact) mass is 305 g/mol. The van der Waals surface area contributed by atoms with E-state index in [1.165, 1.54) is 0 Å². The first-order valence-electron chi connectivity index (χ1n) is 4.34. The van der Waals surface area contributed by atoms with Crippen molar-refractivity contribution in [2.24, 2.45) is 0 Å². The Balaban J connectivity index is 2.44. The number of carbonyl (C=O) groups excluding carboxylic acids is 1. The molecule has 0 radical (unpaired) electrons. The van der Waals surface area contributed by atoms with Crippen LogP contribution >= 0.6 is 22.6 Å². The van der Waals surface area contributed by atoms with Crippen LogP contribution in [-0.2, 0) is 11.2 Å². The van der Waals surface area contributed by atoms with Gasteiger partial charge >= 0.3 is 0 Å². The van der Waals surface area contributed by atoms with Crippen LogP contribution in [0, 0.1) is 3.57 Å². The first-order chi connectivity index (χ1) is 6.72. The fourth-order valence-electron chi connectivity index (χ4n) is 1.05. The zero-order valence-corrected chi connectivity index (χ0v) is 9.82. The van der Waals surface area contributed by atoms with Gasteiger partial charge < -0.3 is 10.4 Å². The summed E-state index contributed by atoms with van der Waals surface area (Å²) in [4.78, 5) is 11.2. The second-order valence-corrected chi connectivity index (χ2v) is 4.12. The van der Waals surface area contributed by atoms with Crippen LogP contribution in [0.5, 0.6) is 0 Å². The standard InChI is InChI=1S/C10H12INO2/c11-9-3-1-8(2-4-9)7-10(14)12-5-6-13/h1-4,13H,5-7H2,(H,12,14). The van der Waals surface area contributed by atoms with Gasteiger partial charge in [-0.1, -0.05) is 12.1 Å². The Hall–Kier alpha value is -0.620. The lowest BCUT2D eigenvalue weighted by Crippen LogP contribution is -2.27. The molecule has 0 aromatic heterocycles. The van der Waals surface area contributed by atoms with E-state index in [4.69, 9.17) is 5.11 Å². The normalized spacial score (nSPS) is 9.86. The summed E-state index contributed by atoms with van der Waals surface area (Å²) in [6, 6.07) is 7.80. The minimum absolute atomic E-state index is 0.0154. The van der Waals surface area contributed by atoms with Crippen LogP contribution in [0.3, 0.4) is 0 Å². The van der Waals surface area contributed by atoms with Crippen molar-refractivity contribution >= 4 is 28.5 Å². The van der Waals surface area contributed by atoms with Gasteiger partial charge in [-0.25, -0.2) is 0 Å². The van der Waals surface area contributed by atoms with Crippen LogP contribution in [0.1, 0.15) is 5.56 Å². The van der Waals surface area contributed by atoms with Gasteiger partial charge in [-0.3, -0.25) is 4.79 Å². The van der Waals surface area contributed by atoms with Crippen LogP contribution in [0.15, 0.2) is 24.3 Å². The summed E-state index contributed by atoms with van der Waals surface area (Å²) in [6.07, 6.45) is 0.372. The molecule has 0 saturated heterocycles. The average molecular weight is 305 g/mol. The molecule has 0 unspecified atom stereocenters. The Kier molecular flexibility index (Phi) is 4.89. The second kappa shape index (κ2) is 5.98. The SMILES string of the molecule is O=C(Cc1ccc(I)cc1)NCCO. The third kappa shape index (κ3) is 4.06. The molecule has 0 aliphatic rings. The number of hydrogen-bond donors (Lipinski definition) is 2. The van der Waals surface area contributed by atoms with Crippen LogP contribution in [0.25, 0.3) is 0 Å². The molecule has 0 saturated carbocycles. The van der Waals surface area contributed by atoms with Gasteiger partial charge in [0.1, 0.15) is 0 Å². The minimum Gasteiger partial charge on any atom is -0.395 e. The molecule has 1 amide bonds. The Labute approximate surface area is 96.7 Å². The van der Waals surface area contributed by atoms with E-state index in [-0.39, 0.29) is 12.5 Å². The van der Waals surface area contributed by atoms with Crippen molar-refractivity contribution in [3.8, 4) is 0 Å². The summed E-state index contributed by atoms with van der Waals surface area (Å²) in [7, 11) is 0. The molecule has 14 heavy (non-hydrogen) atoms. The van der Waals surface area contributed by atoms with Crippen molar-refractivity contribution in [2.45, 2.75) is 6.42 Å². The maximum absolute atomic E-state index is 11.2. The molecule has 4 heteroatoms. The molecule has 1 rings (SSSR count). The minimum atomic E-state index is -0.0553. The lowest BCUT2D eigenvalue weighted by molar-refractivity contribution is -0.120. The molecule has 0 aliphatic carbocycles. The van der Waals surface area contributed by atoms with Gasteiger partial charge in [0.25, 0.3) is 0 Å². The van der Waals surface area contributed by atoms with E-state index in [1.54, 1.807) is 0 Å². The zero-order valence-electron chi connectivity index (χ0n) is 7.66. The average Bonchev–Trinajstić information content (AvgIpc) is 2.18. The molecule has 0 bridgehead atoms. The highest BCUT2D eigenvalue weighted by molar-refractivity contribution is 14.1. The largest absolute Gasteiger partial charge is 0.395 e. The highest BCUT2D eigenvalue weighted by Crippen LogP contribution is 2.06. The molecule has 3 nitrogen and oxygen atoms in total. The van der Waals surface area contributed by atoms with Crippen molar-refractivity contribution in [3.05, 3.63) is 33.4 Å². The second-order valence-electron chi connectivity index (χ2n) is 2.88. The van der Waals surface area contributed by atoms with Gasteiger partial charge in [-0.05, 0) is 40.3 Å². The zero-order chi connectivity index (χ0) is 10.4. The number of nitrogens with one attached hydrogen (secondary N) is 1. The molecular weight excluding hydrogens is 293 g/mol. The van der Waals surface area contributed by atoms with Crippen molar-refractivity contribution < 1.29 is 9.90 Å². The van der Waals surface area contributed by atoms with E-state index in [1.807, 2.05) is 24.3 Å². The summed E-state index contributed by atoms with van der Waals surface area (Å²) in [5.74, 6) is -0.0553. The third-order valence-electron chi connectivity index (χ3n) is 1.71. The molecule has 0 atom stereocenters. The number of aliphatic hydroxyl groups excluding tert-OH is 1. The van der Waals surface area contributed by atoms with E-state index < -0.39 is 0 Å². The van der Waals surface area contributed by atoms with Gasteiger partial charge in [-0.2, -0.15) is 0 Å². The molecule has 1 aromatic carbocycles. The van der Waals surface area contributed by atoms with Crippen molar-refractivity contribution in [2.75, 3.05) is 13.2 Å². The van der Waals surface area contributed by atoms with Crippen molar-refractivity contribution in [1.29, 1.82) is 0 Å². The number of carbonyl (C=O) groups is 1. The molecular formula is C10H12INO2. The number of rotatable bonds is 4. The highest BCUT2D eigenvalue weighted by atomic mass is 127. The van der Waals surface area contributed by atoms with Crippen molar-refractivity contribution in [3.63, 3.8) is 0 Å². The number of halogens is 1. The predicted octanol–water partition coefficient (Wildman–Crippen LogP) is 0.942. The maximum atomic E-state index is 11.2. The molecule has 0 aliphatic heterocycles. The Bertz CT molecular complexity index is 297. The number of aliphatic hydroxyl groups is 1. The van der Waals surface area contributed by atoms with E-state index in [2.05, 4.69) is 27.9 Å². The van der Waals surface area contributed by atoms with E-state index in [9.17, 15) is 4.79 Å². The Morgan fingerprint density at radius 2 is 2.00 bits per heavy atom. The molecule has 0 spiro atoms. The molecule has 1 aromatic rings.